The first-order chi connectivity index (χ1) is 7.70. The van der Waals surface area contributed by atoms with E-state index >= 15 is 0 Å². The monoisotopic (exact) mass is 231 g/mol. The minimum Gasteiger partial charge on any atom is -0.379 e. The van der Waals surface area contributed by atoms with Crippen molar-refractivity contribution in [3.05, 3.63) is 0 Å². The van der Waals surface area contributed by atoms with E-state index in [9.17, 15) is 9.59 Å². The highest BCUT2D eigenvalue weighted by Gasteiger charge is 1.99. The molecule has 0 bridgehead atoms. The van der Waals surface area contributed by atoms with Crippen LogP contribution in [0.1, 0.15) is 26.2 Å². The first kappa shape index (κ1) is 15.1. The van der Waals surface area contributed by atoms with Crippen molar-refractivity contribution in [3.63, 3.8) is 0 Å². The van der Waals surface area contributed by atoms with Crippen LogP contribution < -0.4 is 5.32 Å². The molecule has 0 heterocycles. The highest BCUT2D eigenvalue weighted by atomic mass is 16.5. The molecule has 0 atom stereocenters. The minimum atomic E-state index is -0.0329. The van der Waals surface area contributed by atoms with Gasteiger partial charge in [-0.3, -0.25) is 9.59 Å². The number of ketones is 1. The van der Waals surface area contributed by atoms with Crippen LogP contribution in [0.2, 0.25) is 0 Å². The van der Waals surface area contributed by atoms with E-state index in [1.807, 2.05) is 6.92 Å². The SMILES string of the molecule is CCC(=O)CCOCCOCCC(=O)NC. The van der Waals surface area contributed by atoms with Gasteiger partial charge in [0.1, 0.15) is 5.78 Å². The Morgan fingerprint density at radius 2 is 1.56 bits per heavy atom. The molecule has 94 valence electrons. The number of carbonyl (C=O) groups is 2. The lowest BCUT2D eigenvalue weighted by Gasteiger charge is -2.04. The fourth-order valence-corrected chi connectivity index (χ4v) is 0.975. The Labute approximate surface area is 96.5 Å². The summed E-state index contributed by atoms with van der Waals surface area (Å²) in [4.78, 5) is 21.7. The molecule has 0 aliphatic carbocycles. The van der Waals surface area contributed by atoms with E-state index in [0.717, 1.165) is 0 Å². The molecule has 16 heavy (non-hydrogen) atoms. The number of amides is 1. The molecule has 5 heteroatoms. The van der Waals surface area contributed by atoms with Gasteiger partial charge < -0.3 is 14.8 Å². The van der Waals surface area contributed by atoms with Gasteiger partial charge >= 0.3 is 0 Å². The first-order valence-corrected chi connectivity index (χ1v) is 5.58. The second-order valence-corrected chi connectivity index (χ2v) is 3.29. The van der Waals surface area contributed by atoms with E-state index in [2.05, 4.69) is 5.32 Å². The lowest BCUT2D eigenvalue weighted by atomic mass is 10.2. The van der Waals surface area contributed by atoms with Crippen LogP contribution in [0.3, 0.4) is 0 Å². The van der Waals surface area contributed by atoms with Crippen molar-refractivity contribution in [2.45, 2.75) is 26.2 Å². The Morgan fingerprint density at radius 3 is 2.06 bits per heavy atom. The summed E-state index contributed by atoms with van der Waals surface area (Å²) in [7, 11) is 1.59. The molecule has 1 amide bonds. The highest BCUT2D eigenvalue weighted by Crippen LogP contribution is 1.90. The third kappa shape index (κ3) is 9.61. The number of rotatable bonds is 10. The van der Waals surface area contributed by atoms with Gasteiger partial charge in [0.15, 0.2) is 0 Å². The largest absolute Gasteiger partial charge is 0.379 e. The molecule has 1 N–H and O–H groups in total. The normalized spacial score (nSPS) is 10.1. The summed E-state index contributed by atoms with van der Waals surface area (Å²) in [6.45, 7) is 3.61. The Bertz CT molecular complexity index is 184. The molecule has 0 aromatic rings. The zero-order chi connectivity index (χ0) is 12.2. The molecule has 0 unspecified atom stereocenters. The van der Waals surface area contributed by atoms with Crippen molar-refractivity contribution in [2.24, 2.45) is 0 Å². The second-order valence-electron chi connectivity index (χ2n) is 3.29. The van der Waals surface area contributed by atoms with Crippen molar-refractivity contribution in [2.75, 3.05) is 33.5 Å². The molecule has 0 aliphatic heterocycles. The average Bonchev–Trinajstić information content (AvgIpc) is 2.31. The van der Waals surface area contributed by atoms with Gasteiger partial charge in [-0.05, 0) is 0 Å². The number of hydrogen-bond donors (Lipinski definition) is 1. The predicted octanol–water partition coefficient (Wildman–Crippen LogP) is 0.525. The Morgan fingerprint density at radius 1 is 1.00 bits per heavy atom. The molecule has 0 saturated heterocycles. The lowest BCUT2D eigenvalue weighted by Crippen LogP contribution is -2.20. The fraction of sp³-hybridized carbons (Fsp3) is 0.818. The predicted molar refractivity (Wildman–Crippen MR) is 60.2 cm³/mol. The molecular weight excluding hydrogens is 210 g/mol. The number of hydrogen-bond acceptors (Lipinski definition) is 4. The maximum absolute atomic E-state index is 10.9. The van der Waals surface area contributed by atoms with Gasteiger partial charge in [-0.15, -0.1) is 0 Å². The first-order valence-electron chi connectivity index (χ1n) is 5.58. The molecule has 0 spiro atoms. The molecule has 0 radical (unpaired) electrons. The zero-order valence-corrected chi connectivity index (χ0v) is 10.1. The molecule has 5 nitrogen and oxygen atoms in total. The highest BCUT2D eigenvalue weighted by molar-refractivity contribution is 5.78. The Balaban J connectivity index is 3.10. The molecule has 0 fully saturated rings. The van der Waals surface area contributed by atoms with Crippen LogP contribution in [-0.2, 0) is 19.1 Å². The van der Waals surface area contributed by atoms with E-state index < -0.39 is 0 Å². The van der Waals surface area contributed by atoms with Crippen LogP contribution in [0.15, 0.2) is 0 Å². The van der Waals surface area contributed by atoms with Crippen molar-refractivity contribution >= 4 is 11.7 Å². The van der Waals surface area contributed by atoms with Crippen molar-refractivity contribution < 1.29 is 19.1 Å². The van der Waals surface area contributed by atoms with Crippen LogP contribution >= 0.6 is 0 Å². The van der Waals surface area contributed by atoms with Crippen LogP contribution in [0.25, 0.3) is 0 Å². The standard InChI is InChI=1S/C11H21NO4/c1-3-10(13)4-6-15-8-9-16-7-5-11(14)12-2/h3-9H2,1-2H3,(H,12,14). The lowest BCUT2D eigenvalue weighted by molar-refractivity contribution is -0.122. The van der Waals surface area contributed by atoms with Crippen LogP contribution in [0.4, 0.5) is 0 Å². The third-order valence-corrected chi connectivity index (χ3v) is 2.04. The number of nitrogens with one attached hydrogen (secondary N) is 1. The van der Waals surface area contributed by atoms with Crippen molar-refractivity contribution in [1.29, 1.82) is 0 Å². The van der Waals surface area contributed by atoms with Crippen LogP contribution in [0.5, 0.6) is 0 Å². The molecule has 0 aliphatic rings. The Hall–Kier alpha value is -0.940. The fourth-order valence-electron chi connectivity index (χ4n) is 0.975. The summed E-state index contributed by atoms with van der Waals surface area (Å²) in [5, 5.41) is 2.51. The summed E-state index contributed by atoms with van der Waals surface area (Å²) in [5.74, 6) is 0.176. The maximum atomic E-state index is 10.9. The Kier molecular flexibility index (Phi) is 9.95. The number of Topliss-reactive ketones (excluding diaryl/α,β-unsaturated/α-hetero) is 1. The molecule has 0 aromatic carbocycles. The summed E-state index contributed by atoms with van der Waals surface area (Å²) in [6, 6.07) is 0. The summed E-state index contributed by atoms with van der Waals surface area (Å²) in [5.41, 5.74) is 0. The quantitative estimate of drug-likeness (QED) is 0.557. The van der Waals surface area contributed by atoms with Gasteiger partial charge in [0.2, 0.25) is 5.91 Å². The van der Waals surface area contributed by atoms with E-state index in [1.54, 1.807) is 7.05 Å². The number of carbonyl (C=O) groups excluding carboxylic acids is 2. The topological polar surface area (TPSA) is 64.6 Å². The van der Waals surface area contributed by atoms with Crippen LogP contribution in [-0.4, -0.2) is 45.2 Å². The average molecular weight is 231 g/mol. The zero-order valence-electron chi connectivity index (χ0n) is 10.1. The van der Waals surface area contributed by atoms with Gasteiger partial charge in [-0.25, -0.2) is 0 Å². The van der Waals surface area contributed by atoms with Gasteiger partial charge in [0.05, 0.1) is 26.4 Å². The maximum Gasteiger partial charge on any atom is 0.222 e. The van der Waals surface area contributed by atoms with Crippen molar-refractivity contribution in [1.82, 2.24) is 5.32 Å². The smallest absolute Gasteiger partial charge is 0.222 e. The van der Waals surface area contributed by atoms with Gasteiger partial charge in [0.25, 0.3) is 0 Å². The summed E-state index contributed by atoms with van der Waals surface area (Å²) in [6.07, 6.45) is 1.39. The summed E-state index contributed by atoms with van der Waals surface area (Å²) < 4.78 is 10.4. The van der Waals surface area contributed by atoms with E-state index in [0.29, 0.717) is 45.7 Å². The molecule has 0 saturated carbocycles. The van der Waals surface area contributed by atoms with Crippen LogP contribution in [0, 0.1) is 0 Å². The van der Waals surface area contributed by atoms with E-state index in [4.69, 9.17) is 9.47 Å². The van der Waals surface area contributed by atoms with Gasteiger partial charge in [-0.1, -0.05) is 6.92 Å². The van der Waals surface area contributed by atoms with Crippen molar-refractivity contribution in [3.8, 4) is 0 Å². The second kappa shape index (κ2) is 10.6. The molecule has 0 aromatic heterocycles. The molecule has 0 rings (SSSR count). The number of ether oxygens (including phenoxy) is 2. The summed E-state index contributed by atoms with van der Waals surface area (Å²) >= 11 is 0. The molecular formula is C11H21NO4. The van der Waals surface area contributed by atoms with E-state index in [-0.39, 0.29) is 11.7 Å². The van der Waals surface area contributed by atoms with Gasteiger partial charge in [-0.2, -0.15) is 0 Å². The van der Waals surface area contributed by atoms with E-state index in [1.165, 1.54) is 0 Å². The minimum absolute atomic E-state index is 0.0329. The van der Waals surface area contributed by atoms with Gasteiger partial charge in [0, 0.05) is 26.3 Å². The third-order valence-electron chi connectivity index (χ3n) is 2.04.